The highest BCUT2D eigenvalue weighted by Crippen LogP contribution is 2.41. The Labute approximate surface area is 234 Å². The van der Waals surface area contributed by atoms with Gasteiger partial charge in [0, 0.05) is 17.7 Å². The average molecular weight is 554 g/mol. The van der Waals surface area contributed by atoms with Crippen LogP contribution in [0.2, 0.25) is 0 Å². The van der Waals surface area contributed by atoms with Gasteiger partial charge in [0.05, 0.1) is 5.75 Å². The SMILES string of the molecule is CCn1c(COc2ccccc2F)nnc1SCC(=O)Nc1oc(-c2ccccc2)c(-c2ccccc2)c1C#N. The molecule has 1 amide bonds. The molecule has 0 atom stereocenters. The molecular formula is C30H24FN5O3S. The highest BCUT2D eigenvalue weighted by atomic mass is 32.2. The van der Waals surface area contributed by atoms with Crippen molar-refractivity contribution in [3.63, 3.8) is 0 Å². The summed E-state index contributed by atoms with van der Waals surface area (Å²) in [4.78, 5) is 13.0. The molecule has 0 fully saturated rings. The summed E-state index contributed by atoms with van der Waals surface area (Å²) in [5.74, 6) is 0.378. The quantitative estimate of drug-likeness (QED) is 0.196. The largest absolute Gasteiger partial charge is 0.483 e. The third-order valence-electron chi connectivity index (χ3n) is 6.01. The fourth-order valence-electron chi connectivity index (χ4n) is 4.15. The number of nitrogens with one attached hydrogen (secondary N) is 1. The van der Waals surface area contributed by atoms with Gasteiger partial charge < -0.3 is 13.7 Å². The Kier molecular flexibility index (Phi) is 8.23. The van der Waals surface area contributed by atoms with E-state index in [0.29, 0.717) is 28.8 Å². The lowest BCUT2D eigenvalue weighted by atomic mass is 9.98. The van der Waals surface area contributed by atoms with Crippen LogP contribution in [-0.2, 0) is 17.9 Å². The Morgan fingerprint density at radius 2 is 1.70 bits per heavy atom. The monoisotopic (exact) mass is 553 g/mol. The van der Waals surface area contributed by atoms with Crippen LogP contribution in [0.4, 0.5) is 10.3 Å². The van der Waals surface area contributed by atoms with Gasteiger partial charge in [-0.2, -0.15) is 5.26 Å². The molecule has 0 saturated carbocycles. The molecule has 5 aromatic rings. The van der Waals surface area contributed by atoms with Crippen molar-refractivity contribution in [2.45, 2.75) is 25.2 Å². The molecule has 0 spiro atoms. The molecule has 2 aromatic heterocycles. The van der Waals surface area contributed by atoms with Crippen molar-refractivity contribution in [1.82, 2.24) is 14.8 Å². The zero-order valence-corrected chi connectivity index (χ0v) is 22.3. The molecule has 1 N–H and O–H groups in total. The molecule has 0 aliphatic heterocycles. The van der Waals surface area contributed by atoms with Crippen LogP contribution in [0.15, 0.2) is 94.5 Å². The molecule has 0 saturated heterocycles. The van der Waals surface area contributed by atoms with Crippen molar-refractivity contribution in [2.75, 3.05) is 11.1 Å². The Balaban J connectivity index is 1.32. The molecule has 10 heteroatoms. The Bertz CT molecular complexity index is 1660. The van der Waals surface area contributed by atoms with E-state index in [1.54, 1.807) is 22.8 Å². The maximum atomic E-state index is 13.9. The second-order valence-electron chi connectivity index (χ2n) is 8.55. The van der Waals surface area contributed by atoms with Crippen LogP contribution in [0.1, 0.15) is 18.3 Å². The van der Waals surface area contributed by atoms with Gasteiger partial charge in [-0.05, 0) is 24.6 Å². The number of para-hydroxylation sites is 1. The van der Waals surface area contributed by atoms with E-state index in [4.69, 9.17) is 9.15 Å². The number of amides is 1. The van der Waals surface area contributed by atoms with Gasteiger partial charge in [-0.3, -0.25) is 10.1 Å². The summed E-state index contributed by atoms with van der Waals surface area (Å²) in [5.41, 5.74) is 2.45. The number of halogens is 1. The molecule has 5 rings (SSSR count). The normalized spacial score (nSPS) is 10.7. The van der Waals surface area contributed by atoms with Gasteiger partial charge in [0.2, 0.25) is 11.8 Å². The lowest BCUT2D eigenvalue weighted by Crippen LogP contribution is -2.15. The minimum absolute atomic E-state index is 0.000781. The highest BCUT2D eigenvalue weighted by molar-refractivity contribution is 7.99. The standard InChI is InChI=1S/C30H24FN5O3S/c1-2-36-25(18-38-24-16-10-9-15-23(24)31)34-35-30(36)40-19-26(37)33-29-22(17-32)27(20-11-5-3-6-12-20)28(39-29)21-13-7-4-8-14-21/h3-16H,2,18-19H2,1H3,(H,33,37). The fraction of sp³-hybridized carbons (Fsp3) is 0.133. The van der Waals surface area contributed by atoms with Crippen molar-refractivity contribution in [1.29, 1.82) is 5.26 Å². The Morgan fingerprint density at radius 1 is 1.02 bits per heavy atom. The lowest BCUT2D eigenvalue weighted by molar-refractivity contribution is -0.113. The maximum Gasteiger partial charge on any atom is 0.237 e. The number of benzene rings is 3. The first-order valence-corrected chi connectivity index (χ1v) is 13.5. The first-order chi connectivity index (χ1) is 19.6. The van der Waals surface area contributed by atoms with Crippen LogP contribution < -0.4 is 10.1 Å². The number of hydrogen-bond donors (Lipinski definition) is 1. The summed E-state index contributed by atoms with van der Waals surface area (Å²) in [5, 5.41) is 21.6. The molecular weight excluding hydrogens is 529 g/mol. The van der Waals surface area contributed by atoms with E-state index in [1.807, 2.05) is 67.6 Å². The van der Waals surface area contributed by atoms with Gasteiger partial charge >= 0.3 is 0 Å². The second-order valence-corrected chi connectivity index (χ2v) is 9.50. The molecule has 40 heavy (non-hydrogen) atoms. The van der Waals surface area contributed by atoms with Crippen LogP contribution in [0.25, 0.3) is 22.5 Å². The van der Waals surface area contributed by atoms with Gasteiger partial charge in [-0.15, -0.1) is 10.2 Å². The van der Waals surface area contributed by atoms with E-state index in [1.165, 1.54) is 17.8 Å². The van der Waals surface area contributed by atoms with Gasteiger partial charge in [0.15, 0.2) is 22.5 Å². The number of carbonyl (C=O) groups excluding carboxylic acids is 1. The number of carbonyl (C=O) groups is 1. The topological polar surface area (TPSA) is 106 Å². The molecule has 0 bridgehead atoms. The summed E-state index contributed by atoms with van der Waals surface area (Å²) in [6, 6.07) is 27.2. The Morgan fingerprint density at radius 3 is 2.38 bits per heavy atom. The average Bonchev–Trinajstić information content (AvgIpc) is 3.56. The van der Waals surface area contributed by atoms with Crippen LogP contribution in [0, 0.1) is 17.1 Å². The lowest BCUT2D eigenvalue weighted by Gasteiger charge is -2.09. The summed E-state index contributed by atoms with van der Waals surface area (Å²) < 4.78 is 27.4. The fourth-order valence-corrected chi connectivity index (χ4v) is 4.97. The zero-order chi connectivity index (χ0) is 27.9. The number of thioether (sulfide) groups is 1. The van der Waals surface area contributed by atoms with E-state index in [9.17, 15) is 14.4 Å². The summed E-state index contributed by atoms with van der Waals surface area (Å²) in [6.45, 7) is 2.47. The molecule has 0 unspecified atom stereocenters. The molecule has 200 valence electrons. The summed E-state index contributed by atoms with van der Waals surface area (Å²) in [6.07, 6.45) is 0. The predicted octanol–water partition coefficient (Wildman–Crippen LogP) is 6.55. The highest BCUT2D eigenvalue weighted by Gasteiger charge is 2.24. The van der Waals surface area contributed by atoms with E-state index in [-0.39, 0.29) is 35.5 Å². The molecule has 2 heterocycles. The van der Waals surface area contributed by atoms with Gasteiger partial charge in [-0.25, -0.2) is 4.39 Å². The second kappa shape index (κ2) is 12.3. The number of ether oxygens (including phenoxy) is 1. The molecule has 3 aromatic carbocycles. The number of anilines is 1. The minimum atomic E-state index is -0.461. The van der Waals surface area contributed by atoms with E-state index in [2.05, 4.69) is 21.6 Å². The number of aromatic nitrogens is 3. The number of rotatable bonds is 10. The summed E-state index contributed by atoms with van der Waals surface area (Å²) >= 11 is 1.18. The number of hydrogen-bond acceptors (Lipinski definition) is 7. The Hall–Kier alpha value is -4.88. The van der Waals surface area contributed by atoms with Crippen molar-refractivity contribution in [3.8, 4) is 34.3 Å². The molecule has 0 aliphatic carbocycles. The van der Waals surface area contributed by atoms with Crippen LogP contribution in [0.3, 0.4) is 0 Å². The molecule has 0 aliphatic rings. The van der Waals surface area contributed by atoms with Crippen LogP contribution in [-0.4, -0.2) is 26.4 Å². The third kappa shape index (κ3) is 5.75. The van der Waals surface area contributed by atoms with Crippen LogP contribution in [0.5, 0.6) is 5.75 Å². The number of furan rings is 1. The predicted molar refractivity (Wildman–Crippen MR) is 150 cm³/mol. The van der Waals surface area contributed by atoms with Crippen LogP contribution >= 0.6 is 11.8 Å². The maximum absolute atomic E-state index is 13.9. The van der Waals surface area contributed by atoms with Crippen molar-refractivity contribution < 1.29 is 18.3 Å². The number of nitrogens with zero attached hydrogens (tertiary/aromatic N) is 4. The third-order valence-corrected chi connectivity index (χ3v) is 6.97. The molecule has 8 nitrogen and oxygen atoms in total. The van der Waals surface area contributed by atoms with E-state index >= 15 is 0 Å². The molecule has 0 radical (unpaired) electrons. The smallest absolute Gasteiger partial charge is 0.237 e. The van der Waals surface area contributed by atoms with Gasteiger partial charge in [0.1, 0.15) is 24.0 Å². The minimum Gasteiger partial charge on any atom is -0.483 e. The van der Waals surface area contributed by atoms with Crippen molar-refractivity contribution in [3.05, 3.63) is 102 Å². The zero-order valence-electron chi connectivity index (χ0n) is 21.5. The number of nitriles is 1. The van der Waals surface area contributed by atoms with Crippen molar-refractivity contribution in [2.24, 2.45) is 0 Å². The van der Waals surface area contributed by atoms with Gasteiger partial charge in [0.25, 0.3) is 0 Å². The van der Waals surface area contributed by atoms with E-state index in [0.717, 1.165) is 11.1 Å². The first-order valence-electron chi connectivity index (χ1n) is 12.5. The summed E-state index contributed by atoms with van der Waals surface area (Å²) in [7, 11) is 0. The van der Waals surface area contributed by atoms with E-state index < -0.39 is 5.82 Å². The van der Waals surface area contributed by atoms with Crippen molar-refractivity contribution >= 4 is 23.6 Å². The van der Waals surface area contributed by atoms with Gasteiger partial charge in [-0.1, -0.05) is 84.6 Å². The first kappa shape index (κ1) is 26.7.